The molecule has 0 radical (unpaired) electrons. The second-order valence-electron chi connectivity index (χ2n) is 2.88. The van der Waals surface area contributed by atoms with E-state index in [2.05, 4.69) is 4.58 Å². The van der Waals surface area contributed by atoms with Crippen LogP contribution in [0.25, 0.3) is 0 Å². The van der Waals surface area contributed by atoms with E-state index in [1.807, 2.05) is 7.05 Å². The summed E-state index contributed by atoms with van der Waals surface area (Å²) in [5.41, 5.74) is 1.01. The Bertz CT molecular complexity index is 182. The molecule has 0 saturated heterocycles. The number of carbonyl (C=O) groups excluding carboxylic acids is 1. The van der Waals surface area contributed by atoms with Crippen LogP contribution in [0, 0.1) is 0 Å². The molecule has 1 aliphatic heterocycles. The minimum Gasteiger partial charge on any atom is -0.288 e. The molecule has 0 aromatic heterocycles. The Morgan fingerprint density at radius 2 is 2.20 bits per heavy atom. The van der Waals surface area contributed by atoms with E-state index in [0.717, 1.165) is 18.7 Å². The van der Waals surface area contributed by atoms with Gasteiger partial charge in [-0.15, -0.1) is 0 Å². The fourth-order valence-electron chi connectivity index (χ4n) is 1.41. The molecule has 1 rings (SSSR count). The van der Waals surface area contributed by atoms with Gasteiger partial charge in [-0.2, -0.15) is 0 Å². The van der Waals surface area contributed by atoms with Crippen LogP contribution in [0.2, 0.25) is 0 Å². The third kappa shape index (κ3) is 1.43. The Labute approximate surface area is 61.6 Å². The summed E-state index contributed by atoms with van der Waals surface area (Å²) in [7, 11) is 2.00. The van der Waals surface area contributed by atoms with Crippen molar-refractivity contribution < 1.29 is 9.37 Å². The molecule has 0 atom stereocenters. The van der Waals surface area contributed by atoms with Gasteiger partial charge in [-0.3, -0.25) is 4.79 Å². The van der Waals surface area contributed by atoms with Crippen LogP contribution >= 0.6 is 0 Å². The summed E-state index contributed by atoms with van der Waals surface area (Å²) >= 11 is 0. The Morgan fingerprint density at radius 3 is 2.60 bits per heavy atom. The van der Waals surface area contributed by atoms with E-state index >= 15 is 0 Å². The van der Waals surface area contributed by atoms with Crippen LogP contribution in [0.5, 0.6) is 0 Å². The second-order valence-corrected chi connectivity index (χ2v) is 2.88. The van der Waals surface area contributed by atoms with Gasteiger partial charge in [-0.1, -0.05) is 0 Å². The maximum atomic E-state index is 10.9. The molecule has 56 valence electrons. The molecule has 2 heteroatoms. The quantitative estimate of drug-likeness (QED) is 0.494. The Hall–Kier alpha value is -0.660. The standard InChI is InChI=1S/C8H14NO/c1-7(10)8-5-3-4-6-9(8)2/h3-6H2,1-2H3/q+1. The van der Waals surface area contributed by atoms with Gasteiger partial charge >= 0.3 is 0 Å². The first-order chi connectivity index (χ1) is 4.72. The summed E-state index contributed by atoms with van der Waals surface area (Å²) in [5, 5.41) is 0. The highest BCUT2D eigenvalue weighted by atomic mass is 16.1. The average Bonchev–Trinajstić information content (AvgIpc) is 1.88. The molecule has 0 spiro atoms. The zero-order valence-electron chi connectivity index (χ0n) is 6.68. The van der Waals surface area contributed by atoms with Crippen LogP contribution in [0.4, 0.5) is 0 Å². The number of hydrogen-bond acceptors (Lipinski definition) is 1. The van der Waals surface area contributed by atoms with Crippen LogP contribution in [0.15, 0.2) is 0 Å². The van der Waals surface area contributed by atoms with Gasteiger partial charge in [-0.25, -0.2) is 4.58 Å². The third-order valence-corrected chi connectivity index (χ3v) is 2.02. The summed E-state index contributed by atoms with van der Waals surface area (Å²) in [6.07, 6.45) is 3.39. The maximum Gasteiger partial charge on any atom is 0.218 e. The number of rotatable bonds is 1. The predicted octanol–water partition coefficient (Wildman–Crippen LogP) is 0.843. The highest BCUT2D eigenvalue weighted by molar-refractivity contribution is 6.36. The van der Waals surface area contributed by atoms with Gasteiger partial charge in [-0.05, 0) is 6.42 Å². The largest absolute Gasteiger partial charge is 0.288 e. The molecule has 0 unspecified atom stereocenters. The van der Waals surface area contributed by atoms with Gasteiger partial charge in [0.25, 0.3) is 0 Å². The van der Waals surface area contributed by atoms with Gasteiger partial charge in [0, 0.05) is 19.8 Å². The van der Waals surface area contributed by atoms with E-state index in [0.29, 0.717) is 0 Å². The summed E-state index contributed by atoms with van der Waals surface area (Å²) in [4.78, 5) is 10.9. The zero-order chi connectivity index (χ0) is 7.56. The SMILES string of the molecule is CC(=O)C1=[N+](C)CCCC1. The summed E-state index contributed by atoms with van der Waals surface area (Å²) in [6, 6.07) is 0. The zero-order valence-corrected chi connectivity index (χ0v) is 6.68. The van der Waals surface area contributed by atoms with E-state index in [1.165, 1.54) is 12.8 Å². The molecular formula is C8H14NO+. The van der Waals surface area contributed by atoms with E-state index in [1.54, 1.807) is 6.92 Å². The summed E-state index contributed by atoms with van der Waals surface area (Å²) in [6.45, 7) is 2.70. The summed E-state index contributed by atoms with van der Waals surface area (Å²) < 4.78 is 2.08. The molecule has 0 aromatic rings. The van der Waals surface area contributed by atoms with Crippen molar-refractivity contribution in [3.8, 4) is 0 Å². The van der Waals surface area contributed by atoms with Crippen molar-refractivity contribution in [1.29, 1.82) is 0 Å². The molecule has 0 aliphatic carbocycles. The van der Waals surface area contributed by atoms with Crippen molar-refractivity contribution in [2.75, 3.05) is 13.6 Å². The fourth-order valence-corrected chi connectivity index (χ4v) is 1.41. The first-order valence-corrected chi connectivity index (χ1v) is 3.79. The van der Waals surface area contributed by atoms with Crippen molar-refractivity contribution >= 4 is 11.5 Å². The number of nitrogens with zero attached hydrogens (tertiary/aromatic N) is 1. The van der Waals surface area contributed by atoms with Crippen molar-refractivity contribution in [2.45, 2.75) is 26.2 Å². The van der Waals surface area contributed by atoms with Crippen LogP contribution in [0.3, 0.4) is 0 Å². The van der Waals surface area contributed by atoms with E-state index in [9.17, 15) is 4.79 Å². The van der Waals surface area contributed by atoms with E-state index in [4.69, 9.17) is 0 Å². The monoisotopic (exact) mass is 140 g/mol. The lowest BCUT2D eigenvalue weighted by Gasteiger charge is -2.08. The van der Waals surface area contributed by atoms with Crippen LogP contribution in [0.1, 0.15) is 26.2 Å². The number of carbonyl (C=O) groups is 1. The highest BCUT2D eigenvalue weighted by Crippen LogP contribution is 2.04. The molecule has 0 fully saturated rings. The lowest BCUT2D eigenvalue weighted by molar-refractivity contribution is -0.501. The van der Waals surface area contributed by atoms with Crippen LogP contribution in [-0.2, 0) is 4.79 Å². The Kier molecular flexibility index (Phi) is 2.20. The molecule has 0 N–H and O–H groups in total. The van der Waals surface area contributed by atoms with Crippen molar-refractivity contribution in [3.63, 3.8) is 0 Å². The van der Waals surface area contributed by atoms with Gasteiger partial charge in [0.15, 0.2) is 0 Å². The Balaban J connectivity index is 2.78. The number of ketones is 1. The third-order valence-electron chi connectivity index (χ3n) is 2.02. The lowest BCUT2D eigenvalue weighted by atomic mass is 10.1. The van der Waals surface area contributed by atoms with Gasteiger partial charge < -0.3 is 0 Å². The average molecular weight is 140 g/mol. The van der Waals surface area contributed by atoms with Gasteiger partial charge in [0.05, 0.1) is 0 Å². The van der Waals surface area contributed by atoms with Gasteiger partial charge in [0.2, 0.25) is 11.5 Å². The molecule has 0 amide bonds. The fraction of sp³-hybridized carbons (Fsp3) is 0.750. The van der Waals surface area contributed by atoms with E-state index in [-0.39, 0.29) is 5.78 Å². The lowest BCUT2D eigenvalue weighted by Crippen LogP contribution is -2.28. The molecular weight excluding hydrogens is 126 g/mol. The molecule has 0 saturated carbocycles. The Morgan fingerprint density at radius 1 is 1.50 bits per heavy atom. The molecule has 1 aliphatic rings. The maximum absolute atomic E-state index is 10.9. The summed E-state index contributed by atoms with van der Waals surface area (Å²) in [5.74, 6) is 0.238. The first-order valence-electron chi connectivity index (χ1n) is 3.79. The minimum atomic E-state index is 0.238. The minimum absolute atomic E-state index is 0.238. The van der Waals surface area contributed by atoms with Crippen molar-refractivity contribution in [1.82, 2.24) is 0 Å². The molecule has 0 aromatic carbocycles. The normalized spacial score (nSPS) is 19.4. The van der Waals surface area contributed by atoms with Crippen molar-refractivity contribution in [2.24, 2.45) is 0 Å². The molecule has 10 heavy (non-hydrogen) atoms. The van der Waals surface area contributed by atoms with Gasteiger partial charge in [0.1, 0.15) is 13.6 Å². The van der Waals surface area contributed by atoms with Crippen molar-refractivity contribution in [3.05, 3.63) is 0 Å². The molecule has 0 bridgehead atoms. The predicted molar refractivity (Wildman–Crippen MR) is 40.6 cm³/mol. The number of hydrogen-bond donors (Lipinski definition) is 0. The van der Waals surface area contributed by atoms with Crippen LogP contribution in [-0.4, -0.2) is 29.7 Å². The van der Waals surface area contributed by atoms with Crippen LogP contribution < -0.4 is 0 Å². The smallest absolute Gasteiger partial charge is 0.218 e. The number of Topliss-reactive ketones (excluding diaryl/α,β-unsaturated/α-hetero) is 1. The molecule has 1 heterocycles. The molecule has 2 nitrogen and oxygen atoms in total. The topological polar surface area (TPSA) is 20.1 Å². The first kappa shape index (κ1) is 7.45. The highest BCUT2D eigenvalue weighted by Gasteiger charge is 2.19. The van der Waals surface area contributed by atoms with E-state index < -0.39 is 0 Å². The second kappa shape index (κ2) is 2.95.